The summed E-state index contributed by atoms with van der Waals surface area (Å²) in [4.78, 5) is 12.0. The molecule has 0 saturated heterocycles. The second-order valence-electron chi connectivity index (χ2n) is 3.97. The van der Waals surface area contributed by atoms with Crippen molar-refractivity contribution >= 4 is 21.7 Å². The number of carbonyl (C=O) groups excluding carboxylic acids is 1. The quantitative estimate of drug-likeness (QED) is 0.786. The highest BCUT2D eigenvalue weighted by molar-refractivity contribution is 9.10. The monoisotopic (exact) mass is 268 g/mol. The SMILES string of the molecule is COc1c(Br)cc(C)cc1C(=O)C1CC1. The molecule has 15 heavy (non-hydrogen) atoms. The Morgan fingerprint density at radius 1 is 1.47 bits per heavy atom. The summed E-state index contributed by atoms with van der Waals surface area (Å²) in [6, 6.07) is 3.87. The van der Waals surface area contributed by atoms with E-state index in [1.165, 1.54) is 0 Å². The van der Waals surface area contributed by atoms with Crippen molar-refractivity contribution in [1.29, 1.82) is 0 Å². The Labute approximate surface area is 97.8 Å². The number of rotatable bonds is 3. The van der Waals surface area contributed by atoms with E-state index in [2.05, 4.69) is 15.9 Å². The molecule has 2 rings (SSSR count). The number of Topliss-reactive ketones (excluding diaryl/α,β-unsaturated/α-hetero) is 1. The van der Waals surface area contributed by atoms with E-state index in [0.717, 1.165) is 22.9 Å². The molecule has 1 fully saturated rings. The lowest BCUT2D eigenvalue weighted by Gasteiger charge is -2.10. The van der Waals surface area contributed by atoms with Crippen molar-refractivity contribution in [3.8, 4) is 5.75 Å². The number of hydrogen-bond acceptors (Lipinski definition) is 2. The Morgan fingerprint density at radius 3 is 2.67 bits per heavy atom. The maximum absolute atomic E-state index is 12.0. The van der Waals surface area contributed by atoms with Crippen LogP contribution < -0.4 is 4.74 Å². The molecule has 2 nitrogen and oxygen atoms in total. The third-order valence-corrected chi connectivity index (χ3v) is 3.19. The van der Waals surface area contributed by atoms with Crippen LogP contribution in [0.2, 0.25) is 0 Å². The van der Waals surface area contributed by atoms with Crippen molar-refractivity contribution in [2.75, 3.05) is 7.11 Å². The van der Waals surface area contributed by atoms with Gasteiger partial charge < -0.3 is 4.74 Å². The summed E-state index contributed by atoms with van der Waals surface area (Å²) in [6.07, 6.45) is 2.04. The first-order valence-electron chi connectivity index (χ1n) is 5.02. The molecule has 0 radical (unpaired) electrons. The van der Waals surface area contributed by atoms with E-state index < -0.39 is 0 Å². The Kier molecular flexibility index (Phi) is 2.83. The highest BCUT2D eigenvalue weighted by atomic mass is 79.9. The van der Waals surface area contributed by atoms with E-state index in [9.17, 15) is 4.79 Å². The molecule has 0 atom stereocenters. The van der Waals surface area contributed by atoms with Crippen LogP contribution in [0.3, 0.4) is 0 Å². The van der Waals surface area contributed by atoms with Gasteiger partial charge in [-0.25, -0.2) is 0 Å². The highest BCUT2D eigenvalue weighted by Crippen LogP contribution is 2.38. The van der Waals surface area contributed by atoms with Gasteiger partial charge in [0.2, 0.25) is 0 Å². The van der Waals surface area contributed by atoms with Crippen LogP contribution in [-0.4, -0.2) is 12.9 Å². The van der Waals surface area contributed by atoms with E-state index in [0.29, 0.717) is 11.3 Å². The number of hydrogen-bond donors (Lipinski definition) is 0. The molecule has 3 heteroatoms. The Morgan fingerprint density at radius 2 is 2.13 bits per heavy atom. The van der Waals surface area contributed by atoms with Crippen molar-refractivity contribution in [2.45, 2.75) is 19.8 Å². The van der Waals surface area contributed by atoms with Crippen LogP contribution in [0.1, 0.15) is 28.8 Å². The summed E-state index contributed by atoms with van der Waals surface area (Å²) in [5.74, 6) is 1.11. The maximum atomic E-state index is 12.0. The maximum Gasteiger partial charge on any atom is 0.169 e. The number of methoxy groups -OCH3 is 1. The summed E-state index contributed by atoms with van der Waals surface area (Å²) in [6.45, 7) is 1.98. The molecule has 1 aliphatic carbocycles. The van der Waals surface area contributed by atoms with Gasteiger partial charge in [0.15, 0.2) is 5.78 Å². The molecule has 1 aromatic carbocycles. The van der Waals surface area contributed by atoms with Crippen LogP contribution in [-0.2, 0) is 0 Å². The number of aryl methyl sites for hydroxylation is 1. The molecule has 0 aliphatic heterocycles. The molecule has 0 spiro atoms. The van der Waals surface area contributed by atoms with Gasteiger partial charge in [-0.3, -0.25) is 4.79 Å². The molecular weight excluding hydrogens is 256 g/mol. The summed E-state index contributed by atoms with van der Waals surface area (Å²) in [7, 11) is 1.60. The van der Waals surface area contributed by atoms with Crippen LogP contribution in [0, 0.1) is 12.8 Å². The number of ketones is 1. The first-order valence-corrected chi connectivity index (χ1v) is 5.81. The fraction of sp³-hybridized carbons (Fsp3) is 0.417. The molecule has 1 saturated carbocycles. The van der Waals surface area contributed by atoms with Gasteiger partial charge in [0.1, 0.15) is 5.75 Å². The lowest BCUT2D eigenvalue weighted by molar-refractivity contribution is 0.0964. The molecule has 0 N–H and O–H groups in total. The Balaban J connectivity index is 2.47. The molecule has 0 bridgehead atoms. The van der Waals surface area contributed by atoms with Crippen molar-refractivity contribution in [1.82, 2.24) is 0 Å². The molecule has 0 unspecified atom stereocenters. The van der Waals surface area contributed by atoms with Gasteiger partial charge in [-0.1, -0.05) is 0 Å². The normalized spacial score (nSPS) is 15.1. The van der Waals surface area contributed by atoms with Gasteiger partial charge in [0.25, 0.3) is 0 Å². The fourth-order valence-electron chi connectivity index (χ4n) is 1.68. The standard InChI is InChI=1S/C12H13BrO2/c1-7-5-9(11(14)8-3-4-8)12(15-2)10(13)6-7/h5-6,8H,3-4H2,1-2H3. The van der Waals surface area contributed by atoms with E-state index in [4.69, 9.17) is 4.74 Å². The van der Waals surface area contributed by atoms with Gasteiger partial charge in [0.05, 0.1) is 17.1 Å². The average Bonchev–Trinajstić information content (AvgIpc) is 2.98. The van der Waals surface area contributed by atoms with Crippen LogP contribution >= 0.6 is 15.9 Å². The smallest absolute Gasteiger partial charge is 0.169 e. The van der Waals surface area contributed by atoms with Crippen molar-refractivity contribution in [3.05, 3.63) is 27.7 Å². The lowest BCUT2D eigenvalue weighted by Crippen LogP contribution is -2.05. The Bertz CT molecular complexity index is 408. The van der Waals surface area contributed by atoms with Crippen LogP contribution in [0.4, 0.5) is 0 Å². The Hall–Kier alpha value is -0.830. The van der Waals surface area contributed by atoms with Crippen molar-refractivity contribution in [2.24, 2.45) is 5.92 Å². The summed E-state index contributed by atoms with van der Waals surface area (Å²) >= 11 is 3.42. The van der Waals surface area contributed by atoms with Gasteiger partial charge in [0, 0.05) is 5.92 Å². The van der Waals surface area contributed by atoms with Crippen molar-refractivity contribution < 1.29 is 9.53 Å². The van der Waals surface area contributed by atoms with E-state index >= 15 is 0 Å². The third kappa shape index (κ3) is 2.07. The zero-order valence-electron chi connectivity index (χ0n) is 8.84. The second kappa shape index (κ2) is 3.97. The highest BCUT2D eigenvalue weighted by Gasteiger charge is 2.32. The molecule has 80 valence electrons. The summed E-state index contributed by atoms with van der Waals surface area (Å²) in [5, 5.41) is 0. The molecule has 0 amide bonds. The van der Waals surface area contributed by atoms with E-state index in [-0.39, 0.29) is 11.7 Å². The average molecular weight is 269 g/mol. The fourth-order valence-corrected chi connectivity index (χ4v) is 2.42. The zero-order chi connectivity index (χ0) is 11.0. The number of halogens is 1. The molecule has 0 aromatic heterocycles. The van der Waals surface area contributed by atoms with E-state index in [1.807, 2.05) is 19.1 Å². The molecular formula is C12H13BrO2. The van der Waals surface area contributed by atoms with Gasteiger partial charge in [-0.15, -0.1) is 0 Å². The minimum atomic E-state index is 0.219. The first kappa shape index (κ1) is 10.7. The predicted molar refractivity (Wildman–Crippen MR) is 62.5 cm³/mol. The van der Waals surface area contributed by atoms with Gasteiger partial charge >= 0.3 is 0 Å². The number of carbonyl (C=O) groups is 1. The van der Waals surface area contributed by atoms with Crippen LogP contribution in [0.25, 0.3) is 0 Å². The van der Waals surface area contributed by atoms with Crippen molar-refractivity contribution in [3.63, 3.8) is 0 Å². The number of benzene rings is 1. The molecule has 1 aliphatic rings. The topological polar surface area (TPSA) is 26.3 Å². The lowest BCUT2D eigenvalue weighted by atomic mass is 10.0. The second-order valence-corrected chi connectivity index (χ2v) is 4.82. The largest absolute Gasteiger partial charge is 0.495 e. The zero-order valence-corrected chi connectivity index (χ0v) is 10.4. The number of ether oxygens (including phenoxy) is 1. The molecule has 1 aromatic rings. The van der Waals surface area contributed by atoms with Gasteiger partial charge in [-0.05, 0) is 53.4 Å². The van der Waals surface area contributed by atoms with E-state index in [1.54, 1.807) is 7.11 Å². The third-order valence-electron chi connectivity index (χ3n) is 2.61. The minimum Gasteiger partial charge on any atom is -0.495 e. The van der Waals surface area contributed by atoms with Crippen LogP contribution in [0.15, 0.2) is 16.6 Å². The molecule has 0 heterocycles. The first-order chi connectivity index (χ1) is 7.13. The summed E-state index contributed by atoms with van der Waals surface area (Å²) in [5.41, 5.74) is 1.79. The minimum absolute atomic E-state index is 0.219. The van der Waals surface area contributed by atoms with Crippen LogP contribution in [0.5, 0.6) is 5.75 Å². The predicted octanol–water partition coefficient (Wildman–Crippen LogP) is 3.36. The van der Waals surface area contributed by atoms with Gasteiger partial charge in [-0.2, -0.15) is 0 Å². The summed E-state index contributed by atoms with van der Waals surface area (Å²) < 4.78 is 6.12.